The van der Waals surface area contributed by atoms with Crippen molar-refractivity contribution in [2.24, 2.45) is 5.73 Å². The second kappa shape index (κ2) is 6.85. The van der Waals surface area contributed by atoms with Crippen LogP contribution in [0, 0.1) is 0 Å². The Morgan fingerprint density at radius 1 is 1.40 bits per heavy atom. The Kier molecular flexibility index (Phi) is 5.14. The summed E-state index contributed by atoms with van der Waals surface area (Å²) in [4.78, 5) is 24.3. The van der Waals surface area contributed by atoms with E-state index in [9.17, 15) is 9.59 Å². The molecule has 0 unspecified atom stereocenters. The van der Waals surface area contributed by atoms with E-state index in [1.54, 1.807) is 0 Å². The lowest BCUT2D eigenvalue weighted by atomic mass is 10.0. The maximum absolute atomic E-state index is 11.4. The number of amides is 3. The van der Waals surface area contributed by atoms with E-state index < -0.39 is 6.03 Å². The minimum Gasteiger partial charge on any atom is -0.351 e. The Morgan fingerprint density at radius 2 is 2.20 bits per heavy atom. The maximum Gasteiger partial charge on any atom is 0.318 e. The third kappa shape index (κ3) is 4.05. The Labute approximate surface area is 126 Å². The van der Waals surface area contributed by atoms with E-state index in [-0.39, 0.29) is 12.3 Å². The van der Waals surface area contributed by atoms with Gasteiger partial charge in [0.15, 0.2) is 0 Å². The number of nitrogens with two attached hydrogens (primary N) is 1. The van der Waals surface area contributed by atoms with Gasteiger partial charge in [-0.1, -0.05) is 28.1 Å². The highest BCUT2D eigenvalue weighted by Crippen LogP contribution is 2.26. The van der Waals surface area contributed by atoms with Crippen LogP contribution in [0.25, 0.3) is 0 Å². The number of hydrogen-bond acceptors (Lipinski definition) is 3. The Hall–Kier alpha value is -1.40. The first-order valence-electron chi connectivity index (χ1n) is 6.64. The predicted octanol–water partition coefficient (Wildman–Crippen LogP) is 1.78. The molecule has 108 valence electrons. The van der Waals surface area contributed by atoms with E-state index in [1.807, 2.05) is 6.07 Å². The van der Waals surface area contributed by atoms with Gasteiger partial charge in [-0.3, -0.25) is 15.0 Å². The summed E-state index contributed by atoms with van der Waals surface area (Å²) in [5.74, 6) is -0.323. The van der Waals surface area contributed by atoms with Crippen LogP contribution in [0.2, 0.25) is 0 Å². The Bertz CT molecular complexity index is 519. The number of benzene rings is 1. The van der Waals surface area contributed by atoms with E-state index in [1.165, 1.54) is 11.1 Å². The number of rotatable bonds is 3. The van der Waals surface area contributed by atoms with E-state index in [4.69, 9.17) is 5.73 Å². The molecule has 1 heterocycles. The van der Waals surface area contributed by atoms with Gasteiger partial charge in [0.25, 0.3) is 0 Å². The highest BCUT2D eigenvalue weighted by atomic mass is 79.9. The molecule has 1 aliphatic rings. The third-order valence-corrected chi connectivity index (χ3v) is 4.17. The number of carbonyl (C=O) groups excluding carboxylic acids is 2. The lowest BCUT2D eigenvalue weighted by Gasteiger charge is -2.20. The monoisotopic (exact) mass is 339 g/mol. The molecule has 0 bridgehead atoms. The fourth-order valence-electron chi connectivity index (χ4n) is 2.48. The number of carbonyl (C=O) groups is 2. The standard InChI is InChI=1S/C14H18BrN3O2/c15-12-5-1-3-10-9-18(7-2-4-11(10)12)8-6-13(19)17-14(16)20/h1,3,5H,2,4,6-9H2,(H3,16,17,19,20). The van der Waals surface area contributed by atoms with Gasteiger partial charge in [-0.2, -0.15) is 0 Å². The lowest BCUT2D eigenvalue weighted by molar-refractivity contribution is -0.120. The van der Waals surface area contributed by atoms with Crippen LogP contribution in [0.1, 0.15) is 24.0 Å². The fourth-order valence-corrected chi connectivity index (χ4v) is 3.09. The average molecular weight is 340 g/mol. The van der Waals surface area contributed by atoms with Crippen molar-refractivity contribution in [2.45, 2.75) is 25.8 Å². The number of nitrogens with one attached hydrogen (secondary N) is 1. The molecule has 1 aromatic rings. The number of fused-ring (bicyclic) bond motifs is 1. The topological polar surface area (TPSA) is 75.4 Å². The zero-order chi connectivity index (χ0) is 14.5. The molecule has 3 amide bonds. The summed E-state index contributed by atoms with van der Waals surface area (Å²) >= 11 is 3.59. The third-order valence-electron chi connectivity index (χ3n) is 3.43. The van der Waals surface area contributed by atoms with E-state index in [0.29, 0.717) is 6.54 Å². The first-order valence-corrected chi connectivity index (χ1v) is 7.43. The van der Waals surface area contributed by atoms with Crippen molar-refractivity contribution in [2.75, 3.05) is 13.1 Å². The molecule has 0 atom stereocenters. The van der Waals surface area contributed by atoms with Crippen molar-refractivity contribution in [3.8, 4) is 0 Å². The van der Waals surface area contributed by atoms with Crippen molar-refractivity contribution < 1.29 is 9.59 Å². The molecule has 6 heteroatoms. The SMILES string of the molecule is NC(=O)NC(=O)CCN1CCCc2c(Br)cccc2C1. The van der Waals surface area contributed by atoms with Crippen molar-refractivity contribution >= 4 is 27.9 Å². The second-order valence-electron chi connectivity index (χ2n) is 4.92. The molecule has 0 saturated heterocycles. The molecule has 0 aliphatic carbocycles. The molecule has 0 fully saturated rings. The van der Waals surface area contributed by atoms with Crippen LogP contribution in [0.5, 0.6) is 0 Å². The molecule has 0 aromatic heterocycles. The summed E-state index contributed by atoms with van der Waals surface area (Å²) in [6, 6.07) is 5.43. The molecular formula is C14H18BrN3O2. The zero-order valence-electron chi connectivity index (χ0n) is 11.2. The van der Waals surface area contributed by atoms with Crippen molar-refractivity contribution in [1.82, 2.24) is 10.2 Å². The van der Waals surface area contributed by atoms with Gasteiger partial charge in [-0.15, -0.1) is 0 Å². The number of hydrogen-bond donors (Lipinski definition) is 2. The van der Waals surface area contributed by atoms with E-state index in [2.05, 4.69) is 38.3 Å². The normalized spacial score (nSPS) is 15.2. The summed E-state index contributed by atoms with van der Waals surface area (Å²) in [6.07, 6.45) is 2.39. The highest BCUT2D eigenvalue weighted by Gasteiger charge is 2.16. The maximum atomic E-state index is 11.4. The molecule has 5 nitrogen and oxygen atoms in total. The lowest BCUT2D eigenvalue weighted by Crippen LogP contribution is -2.37. The number of nitrogens with zero attached hydrogens (tertiary/aromatic N) is 1. The molecule has 0 radical (unpaired) electrons. The molecule has 0 saturated carbocycles. The summed E-state index contributed by atoms with van der Waals surface area (Å²) in [5.41, 5.74) is 7.57. The first kappa shape index (κ1) is 15.0. The summed E-state index contributed by atoms with van der Waals surface area (Å²) < 4.78 is 1.16. The summed E-state index contributed by atoms with van der Waals surface area (Å²) in [5, 5.41) is 2.09. The van der Waals surface area contributed by atoms with Crippen LogP contribution in [-0.4, -0.2) is 29.9 Å². The van der Waals surface area contributed by atoms with Gasteiger partial charge < -0.3 is 5.73 Å². The van der Waals surface area contributed by atoms with Gasteiger partial charge in [0, 0.05) is 24.0 Å². The minimum atomic E-state index is -0.792. The van der Waals surface area contributed by atoms with Crippen LogP contribution in [0.4, 0.5) is 4.79 Å². The molecule has 1 aromatic carbocycles. The van der Waals surface area contributed by atoms with Gasteiger partial charge in [0.2, 0.25) is 5.91 Å². The second-order valence-corrected chi connectivity index (χ2v) is 5.77. The Morgan fingerprint density at radius 3 is 2.95 bits per heavy atom. The molecular weight excluding hydrogens is 322 g/mol. The smallest absolute Gasteiger partial charge is 0.318 e. The summed E-state index contributed by atoms with van der Waals surface area (Å²) in [7, 11) is 0. The van der Waals surface area contributed by atoms with Crippen molar-refractivity contribution in [1.29, 1.82) is 0 Å². The number of urea groups is 1. The number of halogens is 1. The largest absolute Gasteiger partial charge is 0.351 e. The molecule has 20 heavy (non-hydrogen) atoms. The van der Waals surface area contributed by atoms with Crippen LogP contribution in [0.15, 0.2) is 22.7 Å². The number of primary amides is 1. The van der Waals surface area contributed by atoms with E-state index >= 15 is 0 Å². The molecule has 2 rings (SSSR count). The Balaban J connectivity index is 1.95. The molecule has 3 N–H and O–H groups in total. The van der Waals surface area contributed by atoms with Gasteiger partial charge in [0.1, 0.15) is 0 Å². The van der Waals surface area contributed by atoms with E-state index in [0.717, 1.165) is 30.4 Å². The number of imide groups is 1. The van der Waals surface area contributed by atoms with Gasteiger partial charge in [-0.25, -0.2) is 4.79 Å². The molecule has 1 aliphatic heterocycles. The summed E-state index contributed by atoms with van der Waals surface area (Å²) in [6.45, 7) is 2.41. The van der Waals surface area contributed by atoms with Gasteiger partial charge >= 0.3 is 6.03 Å². The fraction of sp³-hybridized carbons (Fsp3) is 0.429. The highest BCUT2D eigenvalue weighted by molar-refractivity contribution is 9.10. The molecule has 0 spiro atoms. The average Bonchev–Trinajstić information content (AvgIpc) is 2.58. The zero-order valence-corrected chi connectivity index (χ0v) is 12.8. The van der Waals surface area contributed by atoms with Crippen LogP contribution >= 0.6 is 15.9 Å². The van der Waals surface area contributed by atoms with Crippen LogP contribution in [-0.2, 0) is 17.8 Å². The van der Waals surface area contributed by atoms with Crippen molar-refractivity contribution in [3.05, 3.63) is 33.8 Å². The van der Waals surface area contributed by atoms with Gasteiger partial charge in [-0.05, 0) is 36.6 Å². The minimum absolute atomic E-state index is 0.284. The van der Waals surface area contributed by atoms with Crippen molar-refractivity contribution in [3.63, 3.8) is 0 Å². The first-order chi connectivity index (χ1) is 9.56. The quantitative estimate of drug-likeness (QED) is 0.881. The van der Waals surface area contributed by atoms with Crippen LogP contribution < -0.4 is 11.1 Å². The van der Waals surface area contributed by atoms with Gasteiger partial charge in [0.05, 0.1) is 0 Å². The van der Waals surface area contributed by atoms with Crippen LogP contribution in [0.3, 0.4) is 0 Å². The predicted molar refractivity (Wildman–Crippen MR) is 80.1 cm³/mol.